The average molecular weight is 1060 g/mol. The van der Waals surface area contributed by atoms with Crippen molar-refractivity contribution < 1.29 is 38.8 Å². The van der Waals surface area contributed by atoms with E-state index < -0.39 is 35.9 Å². The van der Waals surface area contributed by atoms with Gasteiger partial charge in [0.1, 0.15) is 42.1 Å². The first kappa shape index (κ1) is 39.4. The maximum Gasteiger partial charge on any atom is 0.408 e. The first-order valence-electron chi connectivity index (χ1n) is 13.7. The number of ether oxygens (including phenoxy) is 3. The lowest BCUT2D eigenvalue weighted by molar-refractivity contribution is -0.139. The van der Waals surface area contributed by atoms with Crippen LogP contribution >= 0.6 is 90.4 Å². The molecular formula is C29H37I4N3O8. The fourth-order valence-electron chi connectivity index (χ4n) is 3.77. The number of halogens is 4. The molecule has 3 unspecified atom stereocenters. The zero-order valence-electron chi connectivity index (χ0n) is 24.5. The maximum absolute atomic E-state index is 12.2. The van der Waals surface area contributed by atoms with Gasteiger partial charge < -0.3 is 45.6 Å². The zero-order chi connectivity index (χ0) is 33.0. The Bertz CT molecular complexity index is 1250. The van der Waals surface area contributed by atoms with E-state index in [0.717, 1.165) is 39.0 Å². The maximum atomic E-state index is 12.2. The van der Waals surface area contributed by atoms with Crippen molar-refractivity contribution in [3.05, 3.63) is 44.1 Å². The van der Waals surface area contributed by atoms with E-state index >= 15 is 0 Å². The number of hydrogen-bond acceptors (Lipinski definition) is 9. The van der Waals surface area contributed by atoms with E-state index in [-0.39, 0.29) is 13.0 Å². The summed E-state index contributed by atoms with van der Waals surface area (Å²) in [5.41, 5.74) is 5.56. The summed E-state index contributed by atoms with van der Waals surface area (Å²) in [5, 5.41) is 25.6. The Balaban J connectivity index is 1.99. The second kappa shape index (κ2) is 19.2. The van der Waals surface area contributed by atoms with Crippen molar-refractivity contribution in [3.8, 4) is 17.2 Å². The van der Waals surface area contributed by atoms with E-state index in [1.165, 1.54) is 0 Å². The molecule has 0 bridgehead atoms. The number of aliphatic carboxylic acids is 1. The highest BCUT2D eigenvalue weighted by Gasteiger charge is 2.25. The van der Waals surface area contributed by atoms with Crippen LogP contribution in [0.4, 0.5) is 4.79 Å². The first-order valence-corrected chi connectivity index (χ1v) is 18.0. The number of alkyl carbamates (subject to hydrolysis) is 1. The van der Waals surface area contributed by atoms with Crippen molar-refractivity contribution in [1.82, 2.24) is 10.6 Å². The van der Waals surface area contributed by atoms with Crippen LogP contribution in [0.3, 0.4) is 0 Å². The summed E-state index contributed by atoms with van der Waals surface area (Å²) in [6, 6.07) is 5.77. The van der Waals surface area contributed by atoms with Crippen LogP contribution < -0.4 is 25.8 Å². The number of benzene rings is 2. The number of carboxylic acid groups (broad SMARTS) is 1. The normalized spacial score (nSPS) is 13.5. The Morgan fingerprint density at radius 1 is 1.00 bits per heavy atom. The number of aliphatic hydroxyl groups excluding tert-OH is 1. The van der Waals surface area contributed by atoms with Crippen LogP contribution in [-0.4, -0.2) is 72.0 Å². The molecule has 0 spiro atoms. The minimum atomic E-state index is -1.16. The molecular weight excluding hydrogens is 1030 g/mol. The van der Waals surface area contributed by atoms with Crippen molar-refractivity contribution in [3.63, 3.8) is 0 Å². The molecule has 15 heteroatoms. The van der Waals surface area contributed by atoms with Gasteiger partial charge in [0.2, 0.25) is 0 Å². The fraction of sp³-hybridized carbons (Fsp3) is 0.483. The predicted molar refractivity (Wildman–Crippen MR) is 201 cm³/mol. The third-order valence-corrected chi connectivity index (χ3v) is 9.00. The molecule has 0 aliphatic carbocycles. The predicted octanol–water partition coefficient (Wildman–Crippen LogP) is 5.44. The van der Waals surface area contributed by atoms with Gasteiger partial charge in [-0.05, 0) is 160 Å². The number of carbonyl (C=O) groups is 3. The fourth-order valence-corrected chi connectivity index (χ4v) is 7.91. The zero-order valence-corrected chi connectivity index (χ0v) is 33.1. The van der Waals surface area contributed by atoms with Gasteiger partial charge >= 0.3 is 12.1 Å². The van der Waals surface area contributed by atoms with E-state index in [9.17, 15) is 24.6 Å². The van der Waals surface area contributed by atoms with E-state index in [2.05, 4.69) is 101 Å². The van der Waals surface area contributed by atoms with Gasteiger partial charge in [-0.3, -0.25) is 0 Å². The lowest BCUT2D eigenvalue weighted by Gasteiger charge is -2.22. The van der Waals surface area contributed by atoms with Crippen LogP contribution in [0.1, 0.15) is 45.6 Å². The Hall–Kier alpha value is -0.750. The van der Waals surface area contributed by atoms with Gasteiger partial charge in [0.25, 0.3) is 0 Å². The number of carbonyl (C=O) groups excluding carboxylic acids is 2. The van der Waals surface area contributed by atoms with E-state index in [1.807, 2.05) is 24.3 Å². The van der Waals surface area contributed by atoms with Crippen molar-refractivity contribution in [1.29, 1.82) is 0 Å². The molecule has 11 nitrogen and oxygen atoms in total. The highest BCUT2D eigenvalue weighted by Crippen LogP contribution is 2.37. The minimum Gasteiger partial charge on any atom is -0.489 e. The molecule has 2 rings (SSSR count). The monoisotopic (exact) mass is 1060 g/mol. The highest BCUT2D eigenvalue weighted by molar-refractivity contribution is 14.1. The summed E-state index contributed by atoms with van der Waals surface area (Å²) in [4.78, 5) is 34.5. The first-order chi connectivity index (χ1) is 20.6. The lowest BCUT2D eigenvalue weighted by Crippen LogP contribution is -2.44. The SMILES string of the molecule is CC(C)(C)OC(=O)NC(Cc1cc(I)c(Oc2cc(I)c(OCC(O)CNCCCCC(N)C=O)c(I)c2)c(I)c1)C(=O)O. The van der Waals surface area contributed by atoms with Gasteiger partial charge in [0.05, 0.1) is 20.3 Å². The molecule has 6 N–H and O–H groups in total. The smallest absolute Gasteiger partial charge is 0.408 e. The molecule has 1 amide bonds. The van der Waals surface area contributed by atoms with Gasteiger partial charge in [-0.2, -0.15) is 0 Å². The molecule has 44 heavy (non-hydrogen) atoms. The molecule has 0 saturated heterocycles. The van der Waals surface area contributed by atoms with E-state index in [1.54, 1.807) is 20.8 Å². The van der Waals surface area contributed by atoms with E-state index in [0.29, 0.717) is 36.8 Å². The Morgan fingerprint density at radius 3 is 2.14 bits per heavy atom. The summed E-state index contributed by atoms with van der Waals surface area (Å²) < 4.78 is 20.6. The standard InChI is InChI=1S/C29H37I4N3O8/c1-29(2,3)44-28(41)36-24(27(39)40)10-16-8-20(30)26(21(31)9-16)43-19-11-22(32)25(23(33)12-19)42-15-18(38)13-35-7-5-4-6-17(34)14-37/h8-9,11-12,14,17-18,24,35,38H,4-7,10,13,15,34H2,1-3H3,(H,36,41)(H,39,40). The van der Waals surface area contributed by atoms with Gasteiger partial charge in [0, 0.05) is 13.0 Å². The summed E-state index contributed by atoms with van der Waals surface area (Å²) in [6.45, 7) is 6.34. The third-order valence-electron chi connectivity index (χ3n) is 5.79. The van der Waals surface area contributed by atoms with Crippen molar-refractivity contribution >= 4 is 109 Å². The van der Waals surface area contributed by atoms with Crippen LogP contribution in [0.2, 0.25) is 0 Å². The topological polar surface area (TPSA) is 169 Å². The Kier molecular flexibility index (Phi) is 17.2. The van der Waals surface area contributed by atoms with Crippen LogP contribution in [-0.2, 0) is 20.7 Å². The van der Waals surface area contributed by atoms with Gasteiger partial charge in [-0.25, -0.2) is 9.59 Å². The molecule has 0 aromatic heterocycles. The largest absolute Gasteiger partial charge is 0.489 e. The summed E-state index contributed by atoms with van der Waals surface area (Å²) in [7, 11) is 0. The summed E-state index contributed by atoms with van der Waals surface area (Å²) in [6.07, 6.45) is 1.69. The molecule has 0 heterocycles. The second-order valence-electron chi connectivity index (χ2n) is 10.9. The van der Waals surface area contributed by atoms with Crippen LogP contribution in [0, 0.1) is 14.3 Å². The number of carboxylic acids is 1. The second-order valence-corrected chi connectivity index (χ2v) is 15.6. The van der Waals surface area contributed by atoms with Crippen LogP contribution in [0.15, 0.2) is 24.3 Å². The number of aliphatic hydroxyl groups is 1. The van der Waals surface area contributed by atoms with E-state index in [4.69, 9.17) is 19.9 Å². The highest BCUT2D eigenvalue weighted by atomic mass is 127. The number of amides is 1. The molecule has 0 radical (unpaired) electrons. The number of unbranched alkanes of at least 4 members (excludes halogenated alkanes) is 1. The van der Waals surface area contributed by atoms with Crippen molar-refractivity contribution in [2.24, 2.45) is 5.73 Å². The quantitative estimate of drug-likeness (QED) is 0.0782. The van der Waals surface area contributed by atoms with Crippen LogP contribution in [0.25, 0.3) is 0 Å². The minimum absolute atomic E-state index is 0.0696. The Morgan fingerprint density at radius 2 is 1.59 bits per heavy atom. The van der Waals surface area contributed by atoms with Crippen molar-refractivity contribution in [2.75, 3.05) is 19.7 Å². The average Bonchev–Trinajstić information content (AvgIpc) is 2.90. The number of aldehydes is 1. The molecule has 0 aliphatic heterocycles. The van der Waals surface area contributed by atoms with Gasteiger partial charge in [-0.15, -0.1) is 0 Å². The third kappa shape index (κ3) is 14.3. The van der Waals surface area contributed by atoms with Gasteiger partial charge in [0.15, 0.2) is 5.75 Å². The van der Waals surface area contributed by atoms with Gasteiger partial charge in [-0.1, -0.05) is 6.42 Å². The molecule has 2 aromatic rings. The molecule has 0 fully saturated rings. The number of rotatable bonds is 17. The number of hydrogen-bond donors (Lipinski definition) is 5. The molecule has 0 saturated carbocycles. The number of nitrogens with two attached hydrogens (primary N) is 1. The summed E-state index contributed by atoms with van der Waals surface area (Å²) >= 11 is 8.62. The molecule has 3 atom stereocenters. The Labute approximate surface area is 312 Å². The summed E-state index contributed by atoms with van der Waals surface area (Å²) in [5.74, 6) is 0.708. The molecule has 0 aliphatic rings. The lowest BCUT2D eigenvalue weighted by atomic mass is 10.1. The van der Waals surface area contributed by atoms with Crippen LogP contribution in [0.5, 0.6) is 17.2 Å². The number of nitrogens with one attached hydrogen (secondary N) is 2. The molecule has 2 aromatic carbocycles. The molecule has 244 valence electrons. The van der Waals surface area contributed by atoms with Crippen molar-refractivity contribution in [2.45, 2.75) is 70.2 Å².